The van der Waals surface area contributed by atoms with Gasteiger partial charge in [-0.15, -0.1) is 0 Å². The van der Waals surface area contributed by atoms with Crippen LogP contribution in [0.4, 0.5) is 5.95 Å². The van der Waals surface area contributed by atoms with E-state index in [1.165, 1.54) is 29.5 Å². The van der Waals surface area contributed by atoms with E-state index in [1.54, 1.807) is 0 Å². The molecule has 220 valence electrons. The Balaban J connectivity index is 1.30. The fraction of sp³-hybridized carbons (Fsp3) is 0.576. The van der Waals surface area contributed by atoms with Crippen LogP contribution in [0.3, 0.4) is 0 Å². The number of carbonyl (C=O) groups excluding carboxylic acids is 1. The Morgan fingerprint density at radius 1 is 1.12 bits per heavy atom. The second kappa shape index (κ2) is 12.7. The van der Waals surface area contributed by atoms with Gasteiger partial charge in [0.25, 0.3) is 5.95 Å². The van der Waals surface area contributed by atoms with Gasteiger partial charge in [-0.1, -0.05) is 38.0 Å². The molecule has 1 unspecified atom stereocenters. The lowest BCUT2D eigenvalue weighted by Gasteiger charge is -2.42. The molecule has 8 heteroatoms. The maximum absolute atomic E-state index is 13.4. The van der Waals surface area contributed by atoms with Crippen LogP contribution < -0.4 is 11.1 Å². The Kier molecular flexibility index (Phi) is 9.07. The number of aliphatic hydroxyl groups is 1. The number of aromatic nitrogens is 2. The molecule has 2 saturated carbocycles. The number of hydrogen-bond acceptors (Lipinski definition) is 7. The number of aryl methyl sites for hydroxylation is 4. The molecule has 0 radical (unpaired) electrons. The maximum Gasteiger partial charge on any atom is 0.338 e. The summed E-state index contributed by atoms with van der Waals surface area (Å²) in [4.78, 5) is 26.3. The fourth-order valence-electron chi connectivity index (χ4n) is 6.52. The van der Waals surface area contributed by atoms with E-state index in [9.17, 15) is 9.90 Å². The lowest BCUT2D eigenvalue weighted by molar-refractivity contribution is -0.167. The topological polar surface area (TPSA) is 123 Å². The van der Waals surface area contributed by atoms with Gasteiger partial charge in [0.1, 0.15) is 17.2 Å². The molecule has 4 N–H and O–H groups in total. The number of hydrogen-bond donors (Lipinski definition) is 3. The third-order valence-electron chi connectivity index (χ3n) is 8.96. The molecule has 2 fully saturated rings. The number of nitrogens with one attached hydrogen (secondary N) is 1. The highest BCUT2D eigenvalue weighted by molar-refractivity contribution is 5.98. The monoisotopic (exact) mass is 559 g/mol. The summed E-state index contributed by atoms with van der Waals surface area (Å²) < 4.78 is 6.31. The van der Waals surface area contributed by atoms with Crippen LogP contribution in [0.1, 0.15) is 92.8 Å². The van der Waals surface area contributed by atoms with Crippen LogP contribution in [0.25, 0.3) is 0 Å². The molecule has 3 aliphatic rings. The van der Waals surface area contributed by atoms with Crippen molar-refractivity contribution >= 4 is 17.8 Å². The molecule has 2 aliphatic carbocycles. The van der Waals surface area contributed by atoms with Crippen molar-refractivity contribution in [2.45, 2.75) is 104 Å². The van der Waals surface area contributed by atoms with Crippen molar-refractivity contribution in [2.75, 3.05) is 6.54 Å². The maximum atomic E-state index is 13.4. The Morgan fingerprint density at radius 2 is 1.85 bits per heavy atom. The zero-order valence-corrected chi connectivity index (χ0v) is 24.8. The van der Waals surface area contributed by atoms with E-state index in [2.05, 4.69) is 45.4 Å². The molecule has 41 heavy (non-hydrogen) atoms. The third-order valence-corrected chi connectivity index (χ3v) is 8.96. The van der Waals surface area contributed by atoms with Gasteiger partial charge in [0.15, 0.2) is 0 Å². The first-order valence-electron chi connectivity index (χ1n) is 15.4. The molecule has 0 amide bonds. The number of aliphatic imine (C=N–C) groups is 1. The number of cyclic esters (lactones) is 1. The van der Waals surface area contributed by atoms with Crippen molar-refractivity contribution in [3.8, 4) is 0 Å². The van der Waals surface area contributed by atoms with E-state index in [0.717, 1.165) is 68.9 Å². The number of nitrogens with zero attached hydrogens (tertiary/aromatic N) is 3. The van der Waals surface area contributed by atoms with Crippen molar-refractivity contribution in [2.24, 2.45) is 22.6 Å². The standard InChI is InChI=1S/C33H45N5O3/c1-4-25-16-23(11-12-26(25)20-35-19-24-9-10-24)13-14-33(27-7-5-6-8-27)18-29(39)28(31(40)41-33)17-30(34)38-32-36-21(2)15-22(3)37-32/h11-12,15-16,24,27,35,39H,4-10,13-14,17-20H2,1-3H3,(H2,34,36,37,38). The molecular weight excluding hydrogens is 514 g/mol. The van der Waals surface area contributed by atoms with E-state index in [-0.39, 0.29) is 35.5 Å². The molecule has 0 spiro atoms. The van der Waals surface area contributed by atoms with E-state index in [4.69, 9.17) is 10.5 Å². The zero-order valence-electron chi connectivity index (χ0n) is 24.8. The van der Waals surface area contributed by atoms with Crippen LogP contribution in [0.2, 0.25) is 0 Å². The van der Waals surface area contributed by atoms with Gasteiger partial charge >= 0.3 is 5.97 Å². The fourth-order valence-corrected chi connectivity index (χ4v) is 6.52. The van der Waals surface area contributed by atoms with Crippen LogP contribution in [0, 0.1) is 25.7 Å². The summed E-state index contributed by atoms with van der Waals surface area (Å²) in [6, 6.07) is 8.64. The van der Waals surface area contributed by atoms with Gasteiger partial charge in [-0.05, 0) is 99.9 Å². The molecule has 5 rings (SSSR count). The number of amidine groups is 1. The number of aliphatic hydroxyl groups excluding tert-OH is 1. The number of carbonyl (C=O) groups is 1. The molecule has 1 aliphatic heterocycles. The molecule has 1 aromatic carbocycles. The predicted octanol–water partition coefficient (Wildman–Crippen LogP) is 5.86. The second-order valence-corrected chi connectivity index (χ2v) is 12.3. The normalized spacial score (nSPS) is 21.9. The lowest BCUT2D eigenvalue weighted by Crippen LogP contribution is -2.46. The van der Waals surface area contributed by atoms with Crippen LogP contribution >= 0.6 is 0 Å². The van der Waals surface area contributed by atoms with Crippen molar-refractivity contribution < 1.29 is 14.6 Å². The molecule has 8 nitrogen and oxygen atoms in total. The summed E-state index contributed by atoms with van der Waals surface area (Å²) >= 11 is 0. The number of rotatable bonds is 12. The summed E-state index contributed by atoms with van der Waals surface area (Å²) in [6.45, 7) is 7.95. The number of nitrogens with two attached hydrogens (primary N) is 1. The Bertz CT molecular complexity index is 1310. The molecule has 1 aromatic heterocycles. The summed E-state index contributed by atoms with van der Waals surface area (Å²) in [5, 5.41) is 14.8. The van der Waals surface area contributed by atoms with Crippen molar-refractivity contribution in [3.63, 3.8) is 0 Å². The first-order chi connectivity index (χ1) is 19.7. The first kappa shape index (κ1) is 29.2. The lowest BCUT2D eigenvalue weighted by atomic mass is 9.76. The SMILES string of the molecule is CCc1cc(CCC2(C3CCCC3)CC(O)=C(CC(N)=Nc3nc(C)cc(C)n3)C(=O)O2)ccc1CNCC1CC1. The van der Waals surface area contributed by atoms with E-state index in [0.29, 0.717) is 12.8 Å². The van der Waals surface area contributed by atoms with E-state index < -0.39 is 11.6 Å². The van der Waals surface area contributed by atoms with Gasteiger partial charge in [-0.2, -0.15) is 4.99 Å². The first-order valence-corrected chi connectivity index (χ1v) is 15.4. The van der Waals surface area contributed by atoms with Crippen molar-refractivity contribution in [1.29, 1.82) is 0 Å². The number of benzene rings is 1. The van der Waals surface area contributed by atoms with Gasteiger partial charge in [-0.3, -0.25) is 0 Å². The van der Waals surface area contributed by atoms with Crippen LogP contribution in [0.15, 0.2) is 40.6 Å². The van der Waals surface area contributed by atoms with E-state index in [1.807, 2.05) is 19.9 Å². The van der Waals surface area contributed by atoms with Gasteiger partial charge in [0, 0.05) is 30.8 Å². The summed E-state index contributed by atoms with van der Waals surface area (Å²) in [6.07, 6.45) is 9.76. The molecule has 2 heterocycles. The minimum absolute atomic E-state index is 0.00212. The average Bonchev–Trinajstić information content (AvgIpc) is 3.57. The highest BCUT2D eigenvalue weighted by Gasteiger charge is 2.48. The minimum Gasteiger partial charge on any atom is -0.512 e. The summed E-state index contributed by atoms with van der Waals surface area (Å²) in [5.74, 6) is 1.10. The minimum atomic E-state index is -0.708. The third kappa shape index (κ3) is 7.34. The highest BCUT2D eigenvalue weighted by atomic mass is 16.6. The summed E-state index contributed by atoms with van der Waals surface area (Å²) in [7, 11) is 0. The quantitative estimate of drug-likeness (QED) is 0.169. The van der Waals surface area contributed by atoms with Crippen molar-refractivity contribution in [3.05, 3.63) is 63.7 Å². The molecule has 1 atom stereocenters. The second-order valence-electron chi connectivity index (χ2n) is 12.3. The van der Waals surface area contributed by atoms with Crippen LogP contribution in [0.5, 0.6) is 0 Å². The number of esters is 1. The zero-order chi connectivity index (χ0) is 29.0. The van der Waals surface area contributed by atoms with Gasteiger partial charge in [-0.25, -0.2) is 14.8 Å². The Hall–Kier alpha value is -3.26. The van der Waals surface area contributed by atoms with Gasteiger partial charge in [0.05, 0.1) is 5.57 Å². The van der Waals surface area contributed by atoms with Gasteiger partial charge in [0.2, 0.25) is 0 Å². The highest BCUT2D eigenvalue weighted by Crippen LogP contribution is 2.46. The smallest absolute Gasteiger partial charge is 0.338 e. The Morgan fingerprint density at radius 3 is 2.51 bits per heavy atom. The Labute approximate surface area is 243 Å². The van der Waals surface area contributed by atoms with Crippen LogP contribution in [-0.4, -0.2) is 39.0 Å². The van der Waals surface area contributed by atoms with Crippen LogP contribution in [-0.2, 0) is 28.9 Å². The number of ether oxygens (including phenoxy) is 1. The molecule has 0 bridgehead atoms. The molecular formula is C33H45N5O3. The largest absolute Gasteiger partial charge is 0.512 e. The van der Waals surface area contributed by atoms with Gasteiger partial charge < -0.3 is 20.9 Å². The average molecular weight is 560 g/mol. The predicted molar refractivity (Wildman–Crippen MR) is 161 cm³/mol. The van der Waals surface area contributed by atoms with E-state index >= 15 is 0 Å². The molecule has 0 saturated heterocycles. The van der Waals surface area contributed by atoms with Crippen molar-refractivity contribution in [1.82, 2.24) is 15.3 Å². The summed E-state index contributed by atoms with van der Waals surface area (Å²) in [5.41, 5.74) is 11.2. The molecule has 2 aromatic rings.